The molecule has 0 fully saturated rings. The molecule has 8 heteroatoms. The van der Waals surface area contributed by atoms with Crippen molar-refractivity contribution in [3.63, 3.8) is 0 Å². The van der Waals surface area contributed by atoms with Gasteiger partial charge < -0.3 is 18.9 Å². The van der Waals surface area contributed by atoms with Gasteiger partial charge in [0.05, 0.1) is 13.7 Å². The molecule has 0 spiro atoms. The molecule has 30 heavy (non-hydrogen) atoms. The van der Waals surface area contributed by atoms with Crippen molar-refractivity contribution < 1.29 is 18.8 Å². The minimum absolute atomic E-state index is 0.0222. The molecular weight excluding hydrogens is 384 g/mol. The molecule has 0 aliphatic heterocycles. The average Bonchev–Trinajstić information content (AvgIpc) is 3.26. The van der Waals surface area contributed by atoms with E-state index in [1.807, 2.05) is 44.2 Å². The lowest BCUT2D eigenvalue weighted by atomic mass is 10.1. The van der Waals surface area contributed by atoms with Gasteiger partial charge in [-0.2, -0.15) is 4.98 Å². The second-order valence-electron chi connectivity index (χ2n) is 6.57. The first-order valence-electron chi connectivity index (χ1n) is 9.95. The molecule has 8 nitrogen and oxygen atoms in total. The van der Waals surface area contributed by atoms with Gasteiger partial charge in [0.25, 0.3) is 0 Å². The van der Waals surface area contributed by atoms with Crippen molar-refractivity contribution in [2.24, 2.45) is 0 Å². The normalized spacial score (nSPS) is 10.6. The molecular formula is C22H26N4O4. The van der Waals surface area contributed by atoms with Crippen molar-refractivity contribution in [2.75, 3.05) is 20.3 Å². The fourth-order valence-electron chi connectivity index (χ4n) is 3.03. The quantitative estimate of drug-likeness (QED) is 0.505. The smallest absolute Gasteiger partial charge is 0.227 e. The number of amides is 1. The summed E-state index contributed by atoms with van der Waals surface area (Å²) in [6.45, 7) is 5.53. The summed E-state index contributed by atoms with van der Waals surface area (Å²) >= 11 is 0. The van der Waals surface area contributed by atoms with Crippen LogP contribution in [0, 0.1) is 0 Å². The van der Waals surface area contributed by atoms with Gasteiger partial charge in [-0.15, -0.1) is 0 Å². The molecule has 3 aromatic rings. The van der Waals surface area contributed by atoms with Gasteiger partial charge >= 0.3 is 0 Å². The molecule has 2 aromatic heterocycles. The summed E-state index contributed by atoms with van der Waals surface area (Å²) in [4.78, 5) is 22.9. The number of aromatic nitrogens is 3. The van der Waals surface area contributed by atoms with E-state index in [0.717, 1.165) is 11.1 Å². The van der Waals surface area contributed by atoms with Gasteiger partial charge in [-0.25, -0.2) is 0 Å². The van der Waals surface area contributed by atoms with Gasteiger partial charge in [-0.1, -0.05) is 11.2 Å². The number of ether oxygens (including phenoxy) is 2. The molecule has 0 unspecified atom stereocenters. The molecule has 0 saturated carbocycles. The van der Waals surface area contributed by atoms with Crippen molar-refractivity contribution in [1.29, 1.82) is 0 Å². The summed E-state index contributed by atoms with van der Waals surface area (Å²) in [7, 11) is 1.61. The lowest BCUT2D eigenvalue weighted by Gasteiger charge is -2.21. The van der Waals surface area contributed by atoms with Crippen molar-refractivity contribution in [1.82, 2.24) is 20.0 Å². The first kappa shape index (κ1) is 21.3. The molecule has 3 rings (SSSR count). The Morgan fingerprint density at radius 3 is 2.63 bits per heavy atom. The SMILES string of the molecule is CCOc1ccc(CN(CC)C(=O)CCc2nc(-c3ccncc3)no2)cc1OC. The highest BCUT2D eigenvalue weighted by Gasteiger charge is 2.16. The summed E-state index contributed by atoms with van der Waals surface area (Å²) < 4.78 is 16.2. The topological polar surface area (TPSA) is 90.6 Å². The van der Waals surface area contributed by atoms with E-state index in [1.165, 1.54) is 0 Å². The van der Waals surface area contributed by atoms with Crippen LogP contribution in [0.3, 0.4) is 0 Å². The minimum Gasteiger partial charge on any atom is -0.493 e. The number of methoxy groups -OCH3 is 1. The fraction of sp³-hybridized carbons (Fsp3) is 0.364. The first-order valence-corrected chi connectivity index (χ1v) is 9.95. The zero-order valence-corrected chi connectivity index (χ0v) is 17.5. The van der Waals surface area contributed by atoms with E-state index in [1.54, 1.807) is 24.4 Å². The van der Waals surface area contributed by atoms with E-state index in [-0.39, 0.29) is 5.91 Å². The van der Waals surface area contributed by atoms with E-state index in [4.69, 9.17) is 14.0 Å². The van der Waals surface area contributed by atoms with Crippen LogP contribution >= 0.6 is 0 Å². The summed E-state index contributed by atoms with van der Waals surface area (Å²) in [5, 5.41) is 3.98. The van der Waals surface area contributed by atoms with Crippen LogP contribution in [0.25, 0.3) is 11.4 Å². The highest BCUT2D eigenvalue weighted by Crippen LogP contribution is 2.28. The molecule has 1 aromatic carbocycles. The summed E-state index contributed by atoms with van der Waals surface area (Å²) in [5.41, 5.74) is 1.80. The summed E-state index contributed by atoms with van der Waals surface area (Å²) in [5.74, 6) is 2.31. The number of hydrogen-bond donors (Lipinski definition) is 0. The standard InChI is InChI=1S/C22H26N4O4/c1-4-26(15-16-6-7-18(29-5-2)19(14-16)28-3)21(27)9-8-20-24-22(25-30-20)17-10-12-23-13-11-17/h6-7,10-14H,4-5,8-9,15H2,1-3H3. The highest BCUT2D eigenvalue weighted by molar-refractivity contribution is 5.76. The van der Waals surface area contributed by atoms with E-state index in [0.29, 0.717) is 55.8 Å². The number of nitrogens with zero attached hydrogens (tertiary/aromatic N) is 4. The zero-order valence-electron chi connectivity index (χ0n) is 17.5. The van der Waals surface area contributed by atoms with Crippen molar-refractivity contribution in [3.05, 3.63) is 54.2 Å². The summed E-state index contributed by atoms with van der Waals surface area (Å²) in [6, 6.07) is 9.34. The van der Waals surface area contributed by atoms with Crippen molar-refractivity contribution >= 4 is 5.91 Å². The summed E-state index contributed by atoms with van der Waals surface area (Å²) in [6.07, 6.45) is 4.02. The van der Waals surface area contributed by atoms with Gasteiger partial charge in [-0.05, 0) is 43.7 Å². The van der Waals surface area contributed by atoms with E-state index in [9.17, 15) is 4.79 Å². The van der Waals surface area contributed by atoms with Crippen LogP contribution in [0.15, 0.2) is 47.2 Å². The second kappa shape index (κ2) is 10.4. The van der Waals surface area contributed by atoms with Crippen LogP contribution in [0.4, 0.5) is 0 Å². The van der Waals surface area contributed by atoms with Crippen molar-refractivity contribution in [2.45, 2.75) is 33.2 Å². The predicted molar refractivity (Wildman–Crippen MR) is 111 cm³/mol. The maximum atomic E-state index is 12.7. The Labute approximate surface area is 175 Å². The third-order valence-corrected chi connectivity index (χ3v) is 4.60. The predicted octanol–water partition coefficient (Wildman–Crippen LogP) is 3.52. The Balaban J connectivity index is 1.59. The lowest BCUT2D eigenvalue weighted by Crippen LogP contribution is -2.30. The Kier molecular flexibility index (Phi) is 7.37. The molecule has 0 atom stereocenters. The van der Waals surface area contributed by atoms with Crippen molar-refractivity contribution in [3.8, 4) is 22.9 Å². The second-order valence-corrected chi connectivity index (χ2v) is 6.57. The minimum atomic E-state index is 0.0222. The van der Waals surface area contributed by atoms with Gasteiger partial charge in [0.2, 0.25) is 17.6 Å². The molecule has 0 saturated heterocycles. The van der Waals surface area contributed by atoms with Crippen LogP contribution < -0.4 is 9.47 Å². The zero-order chi connectivity index (χ0) is 21.3. The fourth-order valence-corrected chi connectivity index (χ4v) is 3.03. The number of rotatable bonds is 10. The molecule has 158 valence electrons. The number of hydrogen-bond acceptors (Lipinski definition) is 7. The van der Waals surface area contributed by atoms with Crippen LogP contribution in [0.2, 0.25) is 0 Å². The average molecular weight is 410 g/mol. The maximum Gasteiger partial charge on any atom is 0.227 e. The molecule has 1 amide bonds. The van der Waals surface area contributed by atoms with E-state index >= 15 is 0 Å². The van der Waals surface area contributed by atoms with Crippen LogP contribution in [-0.2, 0) is 17.8 Å². The van der Waals surface area contributed by atoms with E-state index in [2.05, 4.69) is 15.1 Å². The Bertz CT molecular complexity index is 959. The largest absolute Gasteiger partial charge is 0.493 e. The Hall–Kier alpha value is -3.42. The van der Waals surface area contributed by atoms with Gasteiger partial charge in [0, 0.05) is 43.9 Å². The third kappa shape index (κ3) is 5.34. The number of benzene rings is 1. The van der Waals surface area contributed by atoms with Gasteiger partial charge in [0.15, 0.2) is 11.5 Å². The first-order chi connectivity index (χ1) is 14.6. The maximum absolute atomic E-state index is 12.7. The van der Waals surface area contributed by atoms with E-state index < -0.39 is 0 Å². The molecule has 0 bridgehead atoms. The van der Waals surface area contributed by atoms with Gasteiger partial charge in [-0.3, -0.25) is 9.78 Å². The molecule has 0 radical (unpaired) electrons. The molecule has 2 heterocycles. The number of carbonyl (C=O) groups excluding carboxylic acids is 1. The lowest BCUT2D eigenvalue weighted by molar-refractivity contribution is -0.131. The Morgan fingerprint density at radius 1 is 1.13 bits per heavy atom. The number of pyridine rings is 1. The van der Waals surface area contributed by atoms with Crippen LogP contribution in [0.5, 0.6) is 11.5 Å². The Morgan fingerprint density at radius 2 is 1.93 bits per heavy atom. The highest BCUT2D eigenvalue weighted by atomic mass is 16.5. The monoisotopic (exact) mass is 410 g/mol. The molecule has 0 aliphatic carbocycles. The van der Waals surface area contributed by atoms with Crippen LogP contribution in [0.1, 0.15) is 31.7 Å². The number of aryl methyl sites for hydroxylation is 1. The third-order valence-electron chi connectivity index (χ3n) is 4.60. The number of carbonyl (C=O) groups is 1. The van der Waals surface area contributed by atoms with Crippen LogP contribution in [-0.4, -0.2) is 46.2 Å². The molecule has 0 aliphatic rings. The molecule has 0 N–H and O–H groups in total. The van der Waals surface area contributed by atoms with Gasteiger partial charge in [0.1, 0.15) is 0 Å².